The van der Waals surface area contributed by atoms with Crippen molar-refractivity contribution in [2.75, 3.05) is 19.6 Å². The van der Waals surface area contributed by atoms with Crippen LogP contribution >= 0.6 is 0 Å². The SMILES string of the molecule is C1CC2CCNCC(C3CC3)N2C1. The van der Waals surface area contributed by atoms with Crippen LogP contribution < -0.4 is 5.32 Å². The molecule has 3 fully saturated rings. The van der Waals surface area contributed by atoms with E-state index in [4.69, 9.17) is 0 Å². The van der Waals surface area contributed by atoms with Crippen molar-refractivity contribution in [2.45, 2.75) is 44.2 Å². The molecule has 13 heavy (non-hydrogen) atoms. The molecule has 0 spiro atoms. The lowest BCUT2D eigenvalue weighted by atomic mass is 10.1. The third-order valence-electron chi connectivity index (χ3n) is 4.02. The summed E-state index contributed by atoms with van der Waals surface area (Å²) < 4.78 is 0. The van der Waals surface area contributed by atoms with Crippen molar-refractivity contribution in [2.24, 2.45) is 5.92 Å². The second kappa shape index (κ2) is 3.25. The van der Waals surface area contributed by atoms with Gasteiger partial charge in [0.25, 0.3) is 0 Å². The molecule has 3 rings (SSSR count). The van der Waals surface area contributed by atoms with E-state index < -0.39 is 0 Å². The minimum Gasteiger partial charge on any atom is -0.315 e. The summed E-state index contributed by atoms with van der Waals surface area (Å²) >= 11 is 0. The van der Waals surface area contributed by atoms with Gasteiger partial charge in [-0.15, -0.1) is 0 Å². The van der Waals surface area contributed by atoms with Gasteiger partial charge in [0, 0.05) is 18.6 Å². The van der Waals surface area contributed by atoms with Crippen LogP contribution in [0.5, 0.6) is 0 Å². The predicted octanol–water partition coefficient (Wildman–Crippen LogP) is 1.22. The van der Waals surface area contributed by atoms with Gasteiger partial charge >= 0.3 is 0 Å². The lowest BCUT2D eigenvalue weighted by Crippen LogP contribution is -2.42. The van der Waals surface area contributed by atoms with E-state index in [1.807, 2.05) is 0 Å². The molecular formula is C11H20N2. The van der Waals surface area contributed by atoms with Crippen LogP contribution in [-0.2, 0) is 0 Å². The molecule has 2 nitrogen and oxygen atoms in total. The van der Waals surface area contributed by atoms with Gasteiger partial charge in [-0.1, -0.05) is 0 Å². The molecule has 0 aromatic carbocycles. The van der Waals surface area contributed by atoms with Crippen molar-refractivity contribution < 1.29 is 0 Å². The van der Waals surface area contributed by atoms with E-state index in [1.54, 1.807) is 0 Å². The normalized spacial score (nSPS) is 41.5. The van der Waals surface area contributed by atoms with Crippen LogP contribution in [0.3, 0.4) is 0 Å². The first-order chi connectivity index (χ1) is 6.45. The Balaban J connectivity index is 1.75. The zero-order valence-electron chi connectivity index (χ0n) is 8.34. The number of nitrogens with one attached hydrogen (secondary N) is 1. The molecule has 3 aliphatic rings. The molecule has 2 atom stereocenters. The summed E-state index contributed by atoms with van der Waals surface area (Å²) in [7, 11) is 0. The molecule has 2 unspecified atom stereocenters. The van der Waals surface area contributed by atoms with Crippen LogP contribution in [0.25, 0.3) is 0 Å². The zero-order chi connectivity index (χ0) is 8.67. The van der Waals surface area contributed by atoms with Crippen LogP contribution in [0.1, 0.15) is 32.1 Å². The number of hydrogen-bond donors (Lipinski definition) is 1. The van der Waals surface area contributed by atoms with Gasteiger partial charge in [0.05, 0.1) is 0 Å². The molecule has 2 heterocycles. The average Bonchev–Trinajstić information content (AvgIpc) is 2.90. The maximum Gasteiger partial charge on any atom is 0.0251 e. The first-order valence-corrected chi connectivity index (χ1v) is 5.91. The highest BCUT2D eigenvalue weighted by Crippen LogP contribution is 2.38. The summed E-state index contributed by atoms with van der Waals surface area (Å²) in [4.78, 5) is 2.82. The minimum atomic E-state index is 0.898. The largest absolute Gasteiger partial charge is 0.315 e. The second-order valence-electron chi connectivity index (χ2n) is 4.93. The van der Waals surface area contributed by atoms with Gasteiger partial charge in [-0.05, 0) is 51.1 Å². The predicted molar refractivity (Wildman–Crippen MR) is 53.7 cm³/mol. The maximum absolute atomic E-state index is 3.61. The molecule has 74 valence electrons. The smallest absolute Gasteiger partial charge is 0.0251 e. The topological polar surface area (TPSA) is 15.3 Å². The molecule has 1 saturated carbocycles. The quantitative estimate of drug-likeness (QED) is 0.653. The second-order valence-corrected chi connectivity index (χ2v) is 4.93. The van der Waals surface area contributed by atoms with Crippen molar-refractivity contribution in [1.29, 1.82) is 0 Å². The Morgan fingerprint density at radius 1 is 1.08 bits per heavy atom. The summed E-state index contributed by atoms with van der Waals surface area (Å²) in [5, 5.41) is 3.61. The molecule has 2 aliphatic heterocycles. The first kappa shape index (κ1) is 8.25. The van der Waals surface area contributed by atoms with Gasteiger partial charge in [-0.2, -0.15) is 0 Å². The van der Waals surface area contributed by atoms with Gasteiger partial charge in [0.1, 0.15) is 0 Å². The first-order valence-electron chi connectivity index (χ1n) is 5.91. The third-order valence-corrected chi connectivity index (χ3v) is 4.02. The lowest BCUT2D eigenvalue weighted by molar-refractivity contribution is 0.172. The highest BCUT2D eigenvalue weighted by molar-refractivity contribution is 4.96. The molecule has 2 saturated heterocycles. The minimum absolute atomic E-state index is 0.898. The maximum atomic E-state index is 3.61. The fourth-order valence-electron chi connectivity index (χ4n) is 3.16. The number of nitrogens with zero attached hydrogens (tertiary/aromatic N) is 1. The lowest BCUT2D eigenvalue weighted by Gasteiger charge is -2.30. The summed E-state index contributed by atoms with van der Waals surface area (Å²) in [6.45, 7) is 3.90. The molecule has 2 heteroatoms. The van der Waals surface area contributed by atoms with Crippen LogP contribution in [-0.4, -0.2) is 36.6 Å². The van der Waals surface area contributed by atoms with Crippen LogP contribution in [0.2, 0.25) is 0 Å². The highest BCUT2D eigenvalue weighted by Gasteiger charge is 2.40. The number of rotatable bonds is 1. The molecule has 0 bridgehead atoms. The van der Waals surface area contributed by atoms with Crippen LogP contribution in [0.4, 0.5) is 0 Å². The fraction of sp³-hybridized carbons (Fsp3) is 1.00. The molecule has 1 N–H and O–H groups in total. The number of hydrogen-bond acceptors (Lipinski definition) is 2. The van der Waals surface area contributed by atoms with Gasteiger partial charge in [0.2, 0.25) is 0 Å². The number of fused-ring (bicyclic) bond motifs is 1. The van der Waals surface area contributed by atoms with Crippen molar-refractivity contribution in [1.82, 2.24) is 10.2 Å². The van der Waals surface area contributed by atoms with Crippen LogP contribution in [0, 0.1) is 5.92 Å². The standard InChI is InChI=1S/C11H20N2/c1-2-10-5-6-12-8-11(9-3-4-9)13(10)7-1/h9-12H,1-8H2. The molecule has 1 aliphatic carbocycles. The third kappa shape index (κ3) is 1.50. The molecule has 0 radical (unpaired) electrons. The van der Waals surface area contributed by atoms with Gasteiger partial charge in [-0.3, -0.25) is 4.90 Å². The summed E-state index contributed by atoms with van der Waals surface area (Å²) in [5.41, 5.74) is 0. The molecule has 0 aromatic heterocycles. The van der Waals surface area contributed by atoms with E-state index >= 15 is 0 Å². The Labute approximate surface area is 80.7 Å². The Bertz CT molecular complexity index is 189. The van der Waals surface area contributed by atoms with Crippen molar-refractivity contribution >= 4 is 0 Å². The van der Waals surface area contributed by atoms with E-state index in [0.717, 1.165) is 18.0 Å². The van der Waals surface area contributed by atoms with Crippen molar-refractivity contribution in [3.63, 3.8) is 0 Å². The Hall–Kier alpha value is -0.0800. The van der Waals surface area contributed by atoms with Gasteiger partial charge in [0.15, 0.2) is 0 Å². The van der Waals surface area contributed by atoms with E-state index in [1.165, 1.54) is 51.7 Å². The fourth-order valence-corrected chi connectivity index (χ4v) is 3.16. The van der Waals surface area contributed by atoms with Crippen molar-refractivity contribution in [3.8, 4) is 0 Å². The monoisotopic (exact) mass is 180 g/mol. The van der Waals surface area contributed by atoms with Gasteiger partial charge < -0.3 is 5.32 Å². The van der Waals surface area contributed by atoms with E-state index in [2.05, 4.69) is 10.2 Å². The Kier molecular flexibility index (Phi) is 2.06. The summed E-state index contributed by atoms with van der Waals surface area (Å²) in [6, 6.07) is 1.83. The Morgan fingerprint density at radius 2 is 2.00 bits per heavy atom. The van der Waals surface area contributed by atoms with Crippen LogP contribution in [0.15, 0.2) is 0 Å². The van der Waals surface area contributed by atoms with Gasteiger partial charge in [-0.25, -0.2) is 0 Å². The molecule has 0 aromatic rings. The van der Waals surface area contributed by atoms with E-state index in [-0.39, 0.29) is 0 Å². The van der Waals surface area contributed by atoms with E-state index in [0.29, 0.717) is 0 Å². The summed E-state index contributed by atoms with van der Waals surface area (Å²) in [6.07, 6.45) is 7.30. The molecule has 0 amide bonds. The Morgan fingerprint density at radius 3 is 2.85 bits per heavy atom. The average molecular weight is 180 g/mol. The van der Waals surface area contributed by atoms with E-state index in [9.17, 15) is 0 Å². The zero-order valence-corrected chi connectivity index (χ0v) is 8.34. The van der Waals surface area contributed by atoms with Crippen molar-refractivity contribution in [3.05, 3.63) is 0 Å². The molecular weight excluding hydrogens is 160 g/mol. The summed E-state index contributed by atoms with van der Waals surface area (Å²) in [5.74, 6) is 1.05. The highest BCUT2D eigenvalue weighted by atomic mass is 15.2.